The first kappa shape index (κ1) is 14.0. The number of hydrogen-bond acceptors (Lipinski definition) is 4. The largest absolute Gasteiger partial charge is 0.368 e. The van der Waals surface area contributed by atoms with Gasteiger partial charge in [-0.15, -0.1) is 0 Å². The fourth-order valence-corrected chi connectivity index (χ4v) is 1.54. The molecule has 98 valence electrons. The zero-order valence-corrected chi connectivity index (χ0v) is 10.7. The molecule has 0 fully saturated rings. The van der Waals surface area contributed by atoms with Crippen LogP contribution in [0.1, 0.15) is 19.4 Å². The quantitative estimate of drug-likeness (QED) is 0.617. The number of nitro groups is 1. The van der Waals surface area contributed by atoms with Crippen LogP contribution in [0.25, 0.3) is 0 Å². The van der Waals surface area contributed by atoms with Crippen LogP contribution in [-0.4, -0.2) is 23.4 Å². The average Bonchev–Trinajstić information content (AvgIpc) is 2.31. The molecule has 0 heterocycles. The average molecular weight is 251 g/mol. The zero-order chi connectivity index (χ0) is 13.7. The number of anilines is 1. The van der Waals surface area contributed by atoms with Gasteiger partial charge in [-0.1, -0.05) is 6.07 Å². The number of nitro benzene ring substituents is 1. The van der Waals surface area contributed by atoms with E-state index in [0.717, 1.165) is 5.56 Å². The Hall–Kier alpha value is -2.11. The Morgan fingerprint density at radius 3 is 2.72 bits per heavy atom. The predicted octanol–water partition coefficient (Wildman–Crippen LogP) is 1.84. The van der Waals surface area contributed by atoms with Crippen molar-refractivity contribution < 1.29 is 9.72 Å². The molecule has 0 radical (unpaired) electrons. The molecule has 2 N–H and O–H groups in total. The van der Waals surface area contributed by atoms with Gasteiger partial charge in [0.05, 0.1) is 4.92 Å². The summed E-state index contributed by atoms with van der Waals surface area (Å²) in [6, 6.07) is 4.34. The number of amides is 1. The van der Waals surface area contributed by atoms with E-state index in [1.165, 1.54) is 6.07 Å². The second-order valence-electron chi connectivity index (χ2n) is 4.04. The topological polar surface area (TPSA) is 84.3 Å². The van der Waals surface area contributed by atoms with Gasteiger partial charge in [0.1, 0.15) is 11.7 Å². The lowest BCUT2D eigenvalue weighted by Gasteiger charge is -2.14. The van der Waals surface area contributed by atoms with E-state index in [2.05, 4.69) is 10.6 Å². The summed E-state index contributed by atoms with van der Waals surface area (Å²) in [6.07, 6.45) is 0. The number of aryl methyl sites for hydroxylation is 1. The van der Waals surface area contributed by atoms with Crippen LogP contribution in [-0.2, 0) is 4.79 Å². The lowest BCUT2D eigenvalue weighted by Crippen LogP contribution is -2.37. The molecule has 0 aliphatic rings. The van der Waals surface area contributed by atoms with Crippen LogP contribution in [0.4, 0.5) is 11.4 Å². The van der Waals surface area contributed by atoms with Crippen molar-refractivity contribution in [2.45, 2.75) is 26.8 Å². The molecule has 0 aliphatic heterocycles. The Balaban J connectivity index is 2.90. The maximum absolute atomic E-state index is 11.6. The van der Waals surface area contributed by atoms with E-state index in [4.69, 9.17) is 0 Å². The van der Waals surface area contributed by atoms with Gasteiger partial charge in [-0.2, -0.15) is 0 Å². The number of hydrogen-bond donors (Lipinski definition) is 2. The highest BCUT2D eigenvalue weighted by Crippen LogP contribution is 2.25. The van der Waals surface area contributed by atoms with Crippen LogP contribution in [0.3, 0.4) is 0 Å². The van der Waals surface area contributed by atoms with Gasteiger partial charge in [-0.25, -0.2) is 0 Å². The first-order chi connectivity index (χ1) is 8.45. The number of carbonyl (C=O) groups excluding carboxylic acids is 1. The van der Waals surface area contributed by atoms with Gasteiger partial charge < -0.3 is 10.6 Å². The van der Waals surface area contributed by atoms with Crippen molar-refractivity contribution >= 4 is 17.3 Å². The number of likely N-dealkylation sites (N-methyl/N-ethyl adjacent to an activating group) is 1. The van der Waals surface area contributed by atoms with E-state index in [1.807, 2.05) is 6.92 Å². The summed E-state index contributed by atoms with van der Waals surface area (Å²) in [5, 5.41) is 16.4. The molecule has 1 aromatic rings. The Morgan fingerprint density at radius 2 is 2.17 bits per heavy atom. The monoisotopic (exact) mass is 251 g/mol. The van der Waals surface area contributed by atoms with Gasteiger partial charge in [0, 0.05) is 12.6 Å². The van der Waals surface area contributed by atoms with E-state index in [0.29, 0.717) is 12.2 Å². The van der Waals surface area contributed by atoms with Crippen molar-refractivity contribution in [3.05, 3.63) is 33.9 Å². The van der Waals surface area contributed by atoms with Crippen LogP contribution in [0.2, 0.25) is 0 Å². The third-order valence-electron chi connectivity index (χ3n) is 2.47. The number of nitrogens with one attached hydrogen (secondary N) is 2. The summed E-state index contributed by atoms with van der Waals surface area (Å²) in [5.41, 5.74) is 1.13. The van der Waals surface area contributed by atoms with Gasteiger partial charge in [-0.05, 0) is 32.4 Å². The van der Waals surface area contributed by atoms with Crippen molar-refractivity contribution in [3.8, 4) is 0 Å². The second-order valence-corrected chi connectivity index (χ2v) is 4.04. The summed E-state index contributed by atoms with van der Waals surface area (Å²) in [6.45, 7) is 5.79. The highest BCUT2D eigenvalue weighted by atomic mass is 16.6. The Morgan fingerprint density at radius 1 is 1.50 bits per heavy atom. The molecule has 6 nitrogen and oxygen atoms in total. The molecule has 1 unspecified atom stereocenters. The van der Waals surface area contributed by atoms with Gasteiger partial charge in [-0.3, -0.25) is 14.9 Å². The molecule has 0 saturated carbocycles. The van der Waals surface area contributed by atoms with Crippen LogP contribution >= 0.6 is 0 Å². The summed E-state index contributed by atoms with van der Waals surface area (Å²) in [5.74, 6) is -0.188. The van der Waals surface area contributed by atoms with Crippen LogP contribution in [0, 0.1) is 17.0 Å². The van der Waals surface area contributed by atoms with E-state index in [9.17, 15) is 14.9 Å². The molecule has 1 amide bonds. The zero-order valence-electron chi connectivity index (χ0n) is 10.7. The minimum Gasteiger partial charge on any atom is -0.368 e. The first-order valence-electron chi connectivity index (χ1n) is 5.75. The van der Waals surface area contributed by atoms with Gasteiger partial charge >= 0.3 is 0 Å². The van der Waals surface area contributed by atoms with E-state index in [-0.39, 0.29) is 11.6 Å². The molecule has 1 atom stereocenters. The van der Waals surface area contributed by atoms with Crippen molar-refractivity contribution in [3.63, 3.8) is 0 Å². The van der Waals surface area contributed by atoms with Crippen molar-refractivity contribution in [1.29, 1.82) is 0 Å². The fourth-order valence-electron chi connectivity index (χ4n) is 1.54. The maximum atomic E-state index is 11.6. The number of rotatable bonds is 5. The summed E-state index contributed by atoms with van der Waals surface area (Å²) >= 11 is 0. The molecule has 6 heteroatoms. The first-order valence-corrected chi connectivity index (χ1v) is 5.75. The predicted molar refractivity (Wildman–Crippen MR) is 69.6 cm³/mol. The van der Waals surface area contributed by atoms with E-state index in [1.54, 1.807) is 26.0 Å². The van der Waals surface area contributed by atoms with Crippen LogP contribution in [0.15, 0.2) is 18.2 Å². The van der Waals surface area contributed by atoms with Gasteiger partial charge in [0.15, 0.2) is 0 Å². The Bertz CT molecular complexity index is 460. The van der Waals surface area contributed by atoms with Crippen LogP contribution in [0.5, 0.6) is 0 Å². The number of nitrogens with zero attached hydrogens (tertiary/aromatic N) is 1. The standard InChI is InChI=1S/C12H17N3O3/c1-4-13-12(16)9(3)14-10-6-5-8(2)7-11(10)15(17)18/h5-7,9,14H,4H2,1-3H3,(H,13,16). The SMILES string of the molecule is CCNC(=O)C(C)Nc1ccc(C)cc1[N+](=O)[O-]. The molecular formula is C12H17N3O3. The third-order valence-corrected chi connectivity index (χ3v) is 2.47. The van der Waals surface area contributed by atoms with Gasteiger partial charge in [0.2, 0.25) is 5.91 Å². The minimum atomic E-state index is -0.522. The molecule has 0 aromatic heterocycles. The molecule has 1 aromatic carbocycles. The van der Waals surface area contributed by atoms with Crippen molar-refractivity contribution in [2.24, 2.45) is 0 Å². The molecule has 18 heavy (non-hydrogen) atoms. The van der Waals surface area contributed by atoms with Crippen molar-refractivity contribution in [1.82, 2.24) is 5.32 Å². The number of carbonyl (C=O) groups is 1. The minimum absolute atomic E-state index is 0.0221. The summed E-state index contributed by atoms with van der Waals surface area (Å²) < 4.78 is 0. The lowest BCUT2D eigenvalue weighted by molar-refractivity contribution is -0.384. The molecule has 1 rings (SSSR count). The summed E-state index contributed by atoms with van der Waals surface area (Å²) in [7, 11) is 0. The van der Waals surface area contributed by atoms with E-state index < -0.39 is 11.0 Å². The highest BCUT2D eigenvalue weighted by molar-refractivity contribution is 5.85. The molecule has 0 saturated heterocycles. The lowest BCUT2D eigenvalue weighted by atomic mass is 10.1. The Labute approximate surface area is 106 Å². The molecule has 0 bridgehead atoms. The maximum Gasteiger partial charge on any atom is 0.292 e. The molecular weight excluding hydrogens is 234 g/mol. The van der Waals surface area contributed by atoms with Gasteiger partial charge in [0.25, 0.3) is 5.69 Å². The fraction of sp³-hybridized carbons (Fsp3) is 0.417. The normalized spacial score (nSPS) is 11.7. The Kier molecular flexibility index (Phi) is 4.65. The highest BCUT2D eigenvalue weighted by Gasteiger charge is 2.18. The molecule has 0 spiro atoms. The van der Waals surface area contributed by atoms with Crippen LogP contribution < -0.4 is 10.6 Å². The molecule has 0 aliphatic carbocycles. The smallest absolute Gasteiger partial charge is 0.292 e. The number of benzene rings is 1. The third kappa shape index (κ3) is 3.44. The second kappa shape index (κ2) is 6.00. The summed E-state index contributed by atoms with van der Waals surface area (Å²) in [4.78, 5) is 22.0. The van der Waals surface area contributed by atoms with E-state index >= 15 is 0 Å². The van der Waals surface area contributed by atoms with Crippen molar-refractivity contribution in [2.75, 3.05) is 11.9 Å².